The number of hydrogen-bond donors (Lipinski definition) is 1. The van der Waals surface area contributed by atoms with Crippen LogP contribution in [0.2, 0.25) is 0 Å². The molecule has 0 saturated carbocycles. The molecule has 8 heteroatoms. The summed E-state index contributed by atoms with van der Waals surface area (Å²) in [5, 5.41) is 9.20. The van der Waals surface area contributed by atoms with E-state index in [1.807, 2.05) is 12.3 Å². The number of hydrogen-bond acceptors (Lipinski definition) is 6. The first-order valence-electron chi connectivity index (χ1n) is 5.49. The number of aromatic nitrogens is 2. The topological polar surface area (TPSA) is 80.9 Å². The first kappa shape index (κ1) is 12.9. The van der Waals surface area contributed by atoms with E-state index in [4.69, 9.17) is 5.11 Å². The molecule has 0 spiro atoms. The average molecular weight is 308 g/mol. The van der Waals surface area contributed by atoms with E-state index in [9.17, 15) is 9.59 Å². The summed E-state index contributed by atoms with van der Waals surface area (Å²) in [6, 6.07) is 5.44. The summed E-state index contributed by atoms with van der Waals surface area (Å²) < 4.78 is 5.86. The van der Waals surface area contributed by atoms with Gasteiger partial charge in [-0.1, -0.05) is 11.3 Å². The van der Waals surface area contributed by atoms with Gasteiger partial charge in [-0.25, -0.2) is 9.78 Å². The number of nitrogens with zero attached hydrogens (tertiary/aromatic N) is 2. The molecule has 102 valence electrons. The molecule has 0 saturated heterocycles. The van der Waals surface area contributed by atoms with E-state index in [-0.39, 0.29) is 10.6 Å². The lowest BCUT2D eigenvalue weighted by atomic mass is 10.2. The fraction of sp³-hybridized carbons (Fsp3) is 0.0833. The van der Waals surface area contributed by atoms with Gasteiger partial charge in [0.1, 0.15) is 0 Å². The molecule has 3 rings (SSSR count). The van der Waals surface area contributed by atoms with Gasteiger partial charge in [0.15, 0.2) is 0 Å². The van der Waals surface area contributed by atoms with Crippen LogP contribution >= 0.6 is 23.1 Å². The van der Waals surface area contributed by atoms with Gasteiger partial charge < -0.3 is 9.84 Å². The van der Waals surface area contributed by atoms with Gasteiger partial charge in [-0.2, -0.15) is 0 Å². The van der Waals surface area contributed by atoms with E-state index in [1.54, 1.807) is 12.1 Å². The molecule has 6 nitrogen and oxygen atoms in total. The zero-order valence-electron chi connectivity index (χ0n) is 10.2. The molecule has 0 radical (unpaired) electrons. The number of ether oxygens (including phenoxy) is 1. The predicted octanol–water partition coefficient (Wildman–Crippen LogP) is 2.69. The first-order valence-corrected chi connectivity index (χ1v) is 7.53. The number of benzene rings is 1. The molecule has 2 aromatic heterocycles. The smallest absolute Gasteiger partial charge is 0.449 e. The van der Waals surface area contributed by atoms with Crippen molar-refractivity contribution in [1.82, 2.24) is 9.38 Å². The fourth-order valence-corrected chi connectivity index (χ4v) is 3.09. The predicted molar refractivity (Wildman–Crippen MR) is 77.3 cm³/mol. The van der Waals surface area contributed by atoms with Gasteiger partial charge >= 0.3 is 6.16 Å². The number of thioether (sulfide) groups is 1. The Balaban J connectivity index is 2.29. The standard InChI is InChI=1S/C12H8N2O4S2/c1-19-6-2-3-8-7(4-6)10(15)14-5-9(18-12(16)17)20-11(14)13-8/h2-5H,1H3,(H,16,17). The van der Waals surface area contributed by atoms with Crippen LogP contribution in [0.1, 0.15) is 0 Å². The molecule has 0 unspecified atom stereocenters. The summed E-state index contributed by atoms with van der Waals surface area (Å²) in [6.45, 7) is 0. The van der Waals surface area contributed by atoms with Crippen molar-refractivity contribution in [3.8, 4) is 5.06 Å². The molecular weight excluding hydrogens is 300 g/mol. The number of rotatable bonds is 2. The summed E-state index contributed by atoms with van der Waals surface area (Å²) in [7, 11) is 0. The molecule has 3 aromatic rings. The van der Waals surface area contributed by atoms with Crippen molar-refractivity contribution >= 4 is 45.1 Å². The van der Waals surface area contributed by atoms with Crippen LogP contribution in [0.3, 0.4) is 0 Å². The maximum atomic E-state index is 12.4. The normalized spacial score (nSPS) is 11.1. The fourth-order valence-electron chi connectivity index (χ4n) is 1.83. The molecule has 0 amide bonds. The lowest BCUT2D eigenvalue weighted by Gasteiger charge is -2.00. The monoisotopic (exact) mass is 308 g/mol. The van der Waals surface area contributed by atoms with Crippen molar-refractivity contribution in [2.45, 2.75) is 4.90 Å². The Morgan fingerprint density at radius 2 is 2.30 bits per heavy atom. The minimum Gasteiger partial charge on any atom is -0.449 e. The molecule has 0 bridgehead atoms. The van der Waals surface area contributed by atoms with Gasteiger partial charge in [-0.15, -0.1) is 11.8 Å². The molecule has 0 aliphatic carbocycles. The van der Waals surface area contributed by atoms with E-state index >= 15 is 0 Å². The van der Waals surface area contributed by atoms with Crippen molar-refractivity contribution < 1.29 is 14.6 Å². The van der Waals surface area contributed by atoms with Crippen LogP contribution in [-0.2, 0) is 0 Å². The number of thiazole rings is 1. The van der Waals surface area contributed by atoms with E-state index in [2.05, 4.69) is 9.72 Å². The summed E-state index contributed by atoms with van der Waals surface area (Å²) >= 11 is 2.54. The summed E-state index contributed by atoms with van der Waals surface area (Å²) in [5.74, 6) is 0. The maximum Gasteiger partial charge on any atom is 0.512 e. The second kappa shape index (κ2) is 4.80. The van der Waals surface area contributed by atoms with E-state index < -0.39 is 6.16 Å². The quantitative estimate of drug-likeness (QED) is 0.579. The van der Waals surface area contributed by atoms with Crippen LogP contribution in [-0.4, -0.2) is 26.9 Å². The molecule has 0 fully saturated rings. The largest absolute Gasteiger partial charge is 0.512 e. The van der Waals surface area contributed by atoms with Gasteiger partial charge in [0.25, 0.3) is 5.56 Å². The summed E-state index contributed by atoms with van der Waals surface area (Å²) in [4.78, 5) is 28.6. The highest BCUT2D eigenvalue weighted by atomic mass is 32.2. The van der Waals surface area contributed by atoms with Gasteiger partial charge in [0.05, 0.1) is 17.1 Å². The van der Waals surface area contributed by atoms with Crippen molar-refractivity contribution in [3.63, 3.8) is 0 Å². The van der Waals surface area contributed by atoms with Crippen LogP contribution in [0.5, 0.6) is 5.06 Å². The molecule has 2 heterocycles. The van der Waals surface area contributed by atoms with Crippen LogP contribution in [0.25, 0.3) is 15.9 Å². The molecular formula is C12H8N2O4S2. The number of fused-ring (bicyclic) bond motifs is 2. The third-order valence-electron chi connectivity index (χ3n) is 2.69. The summed E-state index contributed by atoms with van der Waals surface area (Å²) in [6.07, 6.45) is 1.85. The Labute approximate surface area is 120 Å². The molecule has 1 N–H and O–H groups in total. The molecule has 20 heavy (non-hydrogen) atoms. The second-order valence-electron chi connectivity index (χ2n) is 3.87. The number of carboxylic acid groups (broad SMARTS) is 1. The third-order valence-corrected chi connectivity index (χ3v) is 4.28. The molecule has 1 aromatic carbocycles. The lowest BCUT2D eigenvalue weighted by molar-refractivity contribution is 0.146. The Bertz CT molecular complexity index is 884. The van der Waals surface area contributed by atoms with Crippen molar-refractivity contribution in [2.75, 3.05) is 6.26 Å². The van der Waals surface area contributed by atoms with Crippen LogP contribution < -0.4 is 10.3 Å². The van der Waals surface area contributed by atoms with Gasteiger partial charge in [-0.3, -0.25) is 9.20 Å². The van der Waals surface area contributed by atoms with Crippen LogP contribution in [0.4, 0.5) is 4.79 Å². The minimum absolute atomic E-state index is 0.113. The summed E-state index contributed by atoms with van der Waals surface area (Å²) in [5.41, 5.74) is 0.342. The van der Waals surface area contributed by atoms with E-state index in [0.29, 0.717) is 15.9 Å². The van der Waals surface area contributed by atoms with E-state index in [0.717, 1.165) is 16.2 Å². The maximum absolute atomic E-state index is 12.4. The SMILES string of the molecule is CSc1ccc2nc3sc(OC(=O)O)cn3c(=O)c2c1. The zero-order chi connectivity index (χ0) is 14.3. The highest BCUT2D eigenvalue weighted by molar-refractivity contribution is 7.98. The Morgan fingerprint density at radius 3 is 3.00 bits per heavy atom. The van der Waals surface area contributed by atoms with Crippen LogP contribution in [0.15, 0.2) is 34.1 Å². The van der Waals surface area contributed by atoms with Crippen molar-refractivity contribution in [2.24, 2.45) is 0 Å². The number of carbonyl (C=O) groups is 1. The second-order valence-corrected chi connectivity index (χ2v) is 5.72. The Kier molecular flexibility index (Phi) is 3.11. The molecule has 0 aliphatic heterocycles. The highest BCUT2D eigenvalue weighted by Crippen LogP contribution is 2.25. The molecule has 0 atom stereocenters. The lowest BCUT2D eigenvalue weighted by Crippen LogP contribution is -2.12. The first-order chi connectivity index (χ1) is 9.58. The Morgan fingerprint density at radius 1 is 1.50 bits per heavy atom. The van der Waals surface area contributed by atoms with Crippen molar-refractivity contribution in [3.05, 3.63) is 34.7 Å². The highest BCUT2D eigenvalue weighted by Gasteiger charge is 2.12. The van der Waals surface area contributed by atoms with Gasteiger partial charge in [0, 0.05) is 4.90 Å². The van der Waals surface area contributed by atoms with Gasteiger partial charge in [0.2, 0.25) is 10.0 Å². The van der Waals surface area contributed by atoms with E-state index in [1.165, 1.54) is 22.4 Å². The third kappa shape index (κ3) is 2.12. The molecule has 0 aliphatic rings. The zero-order valence-corrected chi connectivity index (χ0v) is 11.8. The van der Waals surface area contributed by atoms with Gasteiger partial charge in [-0.05, 0) is 24.5 Å². The average Bonchev–Trinajstić information content (AvgIpc) is 2.80. The Hall–Kier alpha value is -2.06. The van der Waals surface area contributed by atoms with Crippen molar-refractivity contribution in [1.29, 1.82) is 0 Å². The minimum atomic E-state index is -1.42. The van der Waals surface area contributed by atoms with Crippen LogP contribution in [0, 0.1) is 0 Å².